The van der Waals surface area contributed by atoms with E-state index in [0.717, 1.165) is 29.7 Å². The number of amides is 1. The molecule has 0 spiro atoms. The van der Waals surface area contributed by atoms with Crippen LogP contribution in [0.15, 0.2) is 41.8 Å². The maximum absolute atomic E-state index is 12.4. The summed E-state index contributed by atoms with van der Waals surface area (Å²) in [5, 5.41) is 6.01. The SMILES string of the molecule is O=C(N[C@@H]1C[C@H]2CCN(C2)C1)c1ccc(Oc2cccs2)cc1. The van der Waals surface area contributed by atoms with E-state index in [1.54, 1.807) is 11.3 Å². The monoisotopic (exact) mass is 328 g/mol. The molecule has 2 saturated heterocycles. The Hall–Kier alpha value is -1.85. The lowest BCUT2D eigenvalue weighted by atomic mass is 9.96. The molecule has 4 rings (SSSR count). The summed E-state index contributed by atoms with van der Waals surface area (Å²) in [5.74, 6) is 1.53. The van der Waals surface area contributed by atoms with Crippen LogP contribution in [0.3, 0.4) is 0 Å². The zero-order valence-corrected chi connectivity index (χ0v) is 13.7. The van der Waals surface area contributed by atoms with Gasteiger partial charge in [0.2, 0.25) is 0 Å². The average molecular weight is 328 g/mol. The van der Waals surface area contributed by atoms with Crippen molar-refractivity contribution in [1.29, 1.82) is 0 Å². The Morgan fingerprint density at radius 2 is 2.09 bits per heavy atom. The van der Waals surface area contributed by atoms with Crippen molar-refractivity contribution in [3.05, 3.63) is 47.3 Å². The van der Waals surface area contributed by atoms with Gasteiger partial charge in [-0.25, -0.2) is 0 Å². The molecule has 1 N–H and O–H groups in total. The second kappa shape index (κ2) is 6.34. The molecule has 23 heavy (non-hydrogen) atoms. The Balaban J connectivity index is 1.36. The number of hydrogen-bond donors (Lipinski definition) is 1. The van der Waals surface area contributed by atoms with Crippen LogP contribution in [-0.2, 0) is 0 Å². The largest absolute Gasteiger partial charge is 0.447 e. The van der Waals surface area contributed by atoms with Gasteiger partial charge in [-0.3, -0.25) is 4.79 Å². The van der Waals surface area contributed by atoms with Gasteiger partial charge < -0.3 is 15.0 Å². The van der Waals surface area contributed by atoms with Crippen LogP contribution >= 0.6 is 11.3 Å². The number of carbonyl (C=O) groups excluding carboxylic acids is 1. The lowest BCUT2D eigenvalue weighted by Crippen LogP contribution is -2.46. The molecule has 0 aliphatic carbocycles. The number of carbonyl (C=O) groups is 1. The highest BCUT2D eigenvalue weighted by Gasteiger charge is 2.32. The van der Waals surface area contributed by atoms with Crippen LogP contribution in [-0.4, -0.2) is 36.5 Å². The first-order valence-electron chi connectivity index (χ1n) is 8.11. The Bertz CT molecular complexity index is 657. The number of piperidine rings is 1. The van der Waals surface area contributed by atoms with Crippen LogP contribution in [0.4, 0.5) is 0 Å². The third kappa shape index (κ3) is 3.41. The lowest BCUT2D eigenvalue weighted by Gasteiger charge is -2.30. The number of rotatable bonds is 4. The van der Waals surface area contributed by atoms with Crippen LogP contribution in [0.25, 0.3) is 0 Å². The number of ether oxygens (including phenoxy) is 1. The highest BCUT2D eigenvalue weighted by Crippen LogP contribution is 2.28. The number of nitrogens with zero attached hydrogens (tertiary/aromatic N) is 1. The number of thiophene rings is 1. The van der Waals surface area contributed by atoms with Crippen molar-refractivity contribution in [1.82, 2.24) is 10.2 Å². The molecule has 2 fully saturated rings. The second-order valence-corrected chi connectivity index (χ2v) is 7.29. The molecule has 2 aliphatic heterocycles. The zero-order valence-electron chi connectivity index (χ0n) is 12.9. The summed E-state index contributed by atoms with van der Waals surface area (Å²) >= 11 is 1.55. The minimum absolute atomic E-state index is 0.0140. The van der Waals surface area contributed by atoms with Crippen molar-refractivity contribution >= 4 is 17.2 Å². The van der Waals surface area contributed by atoms with E-state index in [4.69, 9.17) is 4.74 Å². The maximum Gasteiger partial charge on any atom is 0.251 e. The van der Waals surface area contributed by atoms with Crippen LogP contribution < -0.4 is 10.1 Å². The summed E-state index contributed by atoms with van der Waals surface area (Å²) in [6.07, 6.45) is 2.39. The van der Waals surface area contributed by atoms with E-state index < -0.39 is 0 Å². The highest BCUT2D eigenvalue weighted by atomic mass is 32.1. The number of fused-ring (bicyclic) bond motifs is 2. The Morgan fingerprint density at radius 1 is 1.22 bits per heavy atom. The second-order valence-electron chi connectivity index (χ2n) is 6.38. The van der Waals surface area contributed by atoms with E-state index in [1.165, 1.54) is 19.5 Å². The van der Waals surface area contributed by atoms with E-state index in [1.807, 2.05) is 41.8 Å². The van der Waals surface area contributed by atoms with Crippen molar-refractivity contribution in [2.75, 3.05) is 19.6 Å². The third-order valence-electron chi connectivity index (χ3n) is 4.63. The van der Waals surface area contributed by atoms with E-state index in [9.17, 15) is 4.79 Å². The molecular formula is C18H20N2O2S. The van der Waals surface area contributed by atoms with Gasteiger partial charge in [0, 0.05) is 24.7 Å². The fraction of sp³-hybridized carbons (Fsp3) is 0.389. The van der Waals surface area contributed by atoms with E-state index in [-0.39, 0.29) is 11.9 Å². The van der Waals surface area contributed by atoms with Crippen LogP contribution in [0.1, 0.15) is 23.2 Å². The molecule has 1 aromatic carbocycles. The smallest absolute Gasteiger partial charge is 0.251 e. The zero-order chi connectivity index (χ0) is 15.6. The number of hydrogen-bond acceptors (Lipinski definition) is 4. The van der Waals surface area contributed by atoms with Crippen molar-refractivity contribution in [2.45, 2.75) is 18.9 Å². The molecule has 3 heterocycles. The first-order chi connectivity index (χ1) is 11.3. The van der Waals surface area contributed by atoms with Crippen molar-refractivity contribution in [3.63, 3.8) is 0 Å². The molecule has 1 aromatic heterocycles. The average Bonchev–Trinajstić information content (AvgIpc) is 3.18. The fourth-order valence-corrected chi connectivity index (χ4v) is 4.14. The molecule has 2 bridgehead atoms. The molecule has 120 valence electrons. The van der Waals surface area contributed by atoms with Gasteiger partial charge in [-0.2, -0.15) is 0 Å². The standard InChI is InChI=1S/C18H20N2O2S/c21-18(19-15-10-13-7-8-20(11-13)12-15)14-3-5-16(6-4-14)22-17-2-1-9-23-17/h1-6,9,13,15H,7-8,10-12H2,(H,19,21)/t13-,15-/m1/s1. The van der Waals surface area contributed by atoms with Gasteiger partial charge in [0.15, 0.2) is 5.06 Å². The quantitative estimate of drug-likeness (QED) is 0.936. The Labute approximate surface area is 140 Å². The first-order valence-corrected chi connectivity index (χ1v) is 8.99. The summed E-state index contributed by atoms with van der Waals surface area (Å²) in [4.78, 5) is 14.9. The predicted octanol–water partition coefficient (Wildman–Crippen LogP) is 3.36. The summed E-state index contributed by atoms with van der Waals surface area (Å²) in [7, 11) is 0. The van der Waals surface area contributed by atoms with Crippen LogP contribution in [0.5, 0.6) is 10.8 Å². The molecule has 2 aromatic rings. The van der Waals surface area contributed by atoms with E-state index in [0.29, 0.717) is 5.56 Å². The van der Waals surface area contributed by atoms with Gasteiger partial charge in [-0.05, 0) is 67.1 Å². The van der Waals surface area contributed by atoms with E-state index >= 15 is 0 Å². The predicted molar refractivity (Wildman–Crippen MR) is 91.3 cm³/mol. The molecule has 1 amide bonds. The van der Waals surface area contributed by atoms with Crippen LogP contribution in [0, 0.1) is 5.92 Å². The molecule has 4 nitrogen and oxygen atoms in total. The van der Waals surface area contributed by atoms with Gasteiger partial charge in [0.25, 0.3) is 5.91 Å². The van der Waals surface area contributed by atoms with Gasteiger partial charge in [0.1, 0.15) is 5.75 Å². The summed E-state index contributed by atoms with van der Waals surface area (Å²) in [6.45, 7) is 3.38. The first kappa shape index (κ1) is 14.7. The van der Waals surface area contributed by atoms with Gasteiger partial charge in [-0.15, -0.1) is 11.3 Å². The highest BCUT2D eigenvalue weighted by molar-refractivity contribution is 7.11. The van der Waals surface area contributed by atoms with Gasteiger partial charge in [-0.1, -0.05) is 0 Å². The van der Waals surface area contributed by atoms with Crippen molar-refractivity contribution < 1.29 is 9.53 Å². The molecular weight excluding hydrogens is 308 g/mol. The summed E-state index contributed by atoms with van der Waals surface area (Å²) in [5.41, 5.74) is 0.691. The molecule has 0 saturated carbocycles. The maximum atomic E-state index is 12.4. The fourth-order valence-electron chi connectivity index (χ4n) is 3.55. The van der Waals surface area contributed by atoms with Gasteiger partial charge >= 0.3 is 0 Å². The minimum Gasteiger partial charge on any atom is -0.447 e. The molecule has 5 heteroatoms. The molecule has 2 aliphatic rings. The van der Waals surface area contributed by atoms with Crippen molar-refractivity contribution in [2.24, 2.45) is 5.92 Å². The van der Waals surface area contributed by atoms with Gasteiger partial charge in [0.05, 0.1) is 0 Å². The summed E-state index contributed by atoms with van der Waals surface area (Å²) < 4.78 is 5.72. The minimum atomic E-state index is 0.0140. The number of benzene rings is 1. The van der Waals surface area contributed by atoms with E-state index in [2.05, 4.69) is 10.2 Å². The molecule has 1 unspecified atom stereocenters. The number of nitrogens with one attached hydrogen (secondary N) is 1. The Morgan fingerprint density at radius 3 is 2.83 bits per heavy atom. The topological polar surface area (TPSA) is 41.6 Å². The van der Waals surface area contributed by atoms with Crippen LogP contribution in [0.2, 0.25) is 0 Å². The third-order valence-corrected chi connectivity index (χ3v) is 5.38. The molecule has 0 radical (unpaired) electrons. The lowest BCUT2D eigenvalue weighted by molar-refractivity contribution is 0.0909. The summed E-state index contributed by atoms with van der Waals surface area (Å²) in [6, 6.07) is 11.5. The molecule has 3 atom stereocenters. The Kier molecular flexibility index (Phi) is 4.06. The normalized spacial score (nSPS) is 26.0. The van der Waals surface area contributed by atoms with Crippen molar-refractivity contribution in [3.8, 4) is 10.8 Å².